The Bertz CT molecular complexity index is 102. The molecule has 0 bridgehead atoms. The van der Waals surface area contributed by atoms with E-state index in [0.29, 0.717) is 0 Å². The van der Waals surface area contributed by atoms with Crippen molar-refractivity contribution in [3.63, 3.8) is 0 Å². The zero-order valence-electron chi connectivity index (χ0n) is 4.89. The summed E-state index contributed by atoms with van der Waals surface area (Å²) in [6.07, 6.45) is 3.78. The lowest BCUT2D eigenvalue weighted by molar-refractivity contribution is -0.0529. The molecule has 0 amide bonds. The molecule has 0 saturated carbocycles. The van der Waals surface area contributed by atoms with E-state index in [0.717, 1.165) is 13.2 Å². The fraction of sp³-hybridized carbons (Fsp3) is 0.429. The van der Waals surface area contributed by atoms with Gasteiger partial charge in [0.15, 0.2) is 0 Å². The van der Waals surface area contributed by atoms with Gasteiger partial charge in [-0.3, -0.25) is 0 Å². The highest BCUT2D eigenvalue weighted by molar-refractivity contribution is 5.10. The van der Waals surface area contributed by atoms with E-state index in [9.17, 15) is 0 Å². The van der Waals surface area contributed by atoms with Crippen LogP contribution in [0.2, 0.25) is 0 Å². The molecule has 0 spiro atoms. The Labute approximate surface area is 49.7 Å². The molecule has 1 saturated heterocycles. The normalized spacial score (nSPS) is 23.5. The molecule has 0 aromatic rings. The van der Waals surface area contributed by atoms with Crippen molar-refractivity contribution < 1.29 is 4.74 Å². The van der Waals surface area contributed by atoms with E-state index in [2.05, 4.69) is 13.2 Å². The van der Waals surface area contributed by atoms with Crippen molar-refractivity contribution >= 4 is 0 Å². The fourth-order valence-corrected chi connectivity index (χ4v) is 0.657. The highest BCUT2D eigenvalue weighted by atomic mass is 16.5. The van der Waals surface area contributed by atoms with Crippen LogP contribution in [0, 0.1) is 5.41 Å². The van der Waals surface area contributed by atoms with E-state index in [-0.39, 0.29) is 5.41 Å². The van der Waals surface area contributed by atoms with Crippen LogP contribution in [0.15, 0.2) is 25.3 Å². The zero-order chi connectivity index (χ0) is 6.04. The van der Waals surface area contributed by atoms with Gasteiger partial charge in [0.25, 0.3) is 0 Å². The summed E-state index contributed by atoms with van der Waals surface area (Å²) in [6.45, 7) is 8.88. The number of ether oxygens (including phenoxy) is 1. The summed E-state index contributed by atoms with van der Waals surface area (Å²) in [6, 6.07) is 0. The Morgan fingerprint density at radius 2 is 1.75 bits per heavy atom. The van der Waals surface area contributed by atoms with Crippen LogP contribution in [0.5, 0.6) is 0 Å². The average Bonchev–Trinajstić information content (AvgIpc) is 1.67. The van der Waals surface area contributed by atoms with E-state index in [1.165, 1.54) is 0 Å². The zero-order valence-corrected chi connectivity index (χ0v) is 4.89. The Balaban J connectivity index is 2.57. The van der Waals surface area contributed by atoms with Gasteiger partial charge in [-0.15, -0.1) is 13.2 Å². The maximum Gasteiger partial charge on any atom is 0.0614 e. The quantitative estimate of drug-likeness (QED) is 0.488. The summed E-state index contributed by atoms with van der Waals surface area (Å²) in [5.41, 5.74) is 0.111. The van der Waals surface area contributed by atoms with E-state index in [1.807, 2.05) is 12.2 Å². The third-order valence-electron chi connectivity index (χ3n) is 1.55. The van der Waals surface area contributed by atoms with Gasteiger partial charge in [0.2, 0.25) is 0 Å². The van der Waals surface area contributed by atoms with E-state index in [4.69, 9.17) is 4.74 Å². The molecule has 1 aliphatic rings. The number of hydrogen-bond donors (Lipinski definition) is 0. The van der Waals surface area contributed by atoms with Crippen molar-refractivity contribution in [2.24, 2.45) is 5.41 Å². The van der Waals surface area contributed by atoms with Gasteiger partial charge in [0, 0.05) is 0 Å². The van der Waals surface area contributed by atoms with Gasteiger partial charge in [-0.05, 0) is 0 Å². The third-order valence-corrected chi connectivity index (χ3v) is 1.55. The van der Waals surface area contributed by atoms with Crippen molar-refractivity contribution in [3.8, 4) is 0 Å². The van der Waals surface area contributed by atoms with Crippen LogP contribution in [0.1, 0.15) is 0 Å². The summed E-state index contributed by atoms with van der Waals surface area (Å²) in [4.78, 5) is 0. The van der Waals surface area contributed by atoms with Gasteiger partial charge in [-0.25, -0.2) is 0 Å². The first kappa shape index (κ1) is 5.57. The van der Waals surface area contributed by atoms with Gasteiger partial charge < -0.3 is 4.74 Å². The summed E-state index contributed by atoms with van der Waals surface area (Å²) in [5.74, 6) is 0. The SMILES string of the molecule is C=CC1(C=C)COC1. The molecule has 0 aliphatic carbocycles. The molecule has 0 aromatic carbocycles. The summed E-state index contributed by atoms with van der Waals surface area (Å²) in [7, 11) is 0. The van der Waals surface area contributed by atoms with Gasteiger partial charge in [-0.1, -0.05) is 12.2 Å². The highest BCUT2D eigenvalue weighted by Gasteiger charge is 2.31. The Morgan fingerprint density at radius 1 is 1.25 bits per heavy atom. The largest absolute Gasteiger partial charge is 0.379 e. The minimum absolute atomic E-state index is 0.111. The van der Waals surface area contributed by atoms with Gasteiger partial charge >= 0.3 is 0 Å². The van der Waals surface area contributed by atoms with E-state index >= 15 is 0 Å². The second-order valence-corrected chi connectivity index (χ2v) is 2.13. The van der Waals surface area contributed by atoms with Crippen LogP contribution in [-0.4, -0.2) is 13.2 Å². The van der Waals surface area contributed by atoms with Crippen LogP contribution in [0.3, 0.4) is 0 Å². The number of rotatable bonds is 2. The predicted octanol–water partition coefficient (Wildman–Crippen LogP) is 1.37. The van der Waals surface area contributed by atoms with E-state index < -0.39 is 0 Å². The third kappa shape index (κ3) is 0.594. The maximum absolute atomic E-state index is 4.98. The van der Waals surface area contributed by atoms with Gasteiger partial charge in [-0.2, -0.15) is 0 Å². The minimum atomic E-state index is 0.111. The Kier molecular flexibility index (Phi) is 1.22. The van der Waals surface area contributed by atoms with Crippen LogP contribution < -0.4 is 0 Å². The molecule has 1 nitrogen and oxygen atoms in total. The Morgan fingerprint density at radius 3 is 1.75 bits per heavy atom. The average molecular weight is 110 g/mol. The van der Waals surface area contributed by atoms with Crippen LogP contribution in [-0.2, 0) is 4.74 Å². The molecule has 0 N–H and O–H groups in total. The van der Waals surface area contributed by atoms with Gasteiger partial charge in [0.05, 0.1) is 18.6 Å². The first-order valence-electron chi connectivity index (χ1n) is 2.68. The molecule has 1 heteroatoms. The lowest BCUT2D eigenvalue weighted by Crippen LogP contribution is -2.38. The molecule has 1 rings (SSSR count). The van der Waals surface area contributed by atoms with Crippen LogP contribution in [0.4, 0.5) is 0 Å². The first-order valence-corrected chi connectivity index (χ1v) is 2.68. The fourth-order valence-electron chi connectivity index (χ4n) is 0.657. The molecule has 8 heavy (non-hydrogen) atoms. The van der Waals surface area contributed by atoms with Gasteiger partial charge in [0.1, 0.15) is 0 Å². The smallest absolute Gasteiger partial charge is 0.0614 e. The topological polar surface area (TPSA) is 9.23 Å². The molecule has 44 valence electrons. The summed E-state index contributed by atoms with van der Waals surface area (Å²) < 4.78 is 4.98. The monoisotopic (exact) mass is 110 g/mol. The summed E-state index contributed by atoms with van der Waals surface area (Å²) >= 11 is 0. The standard InChI is InChI=1S/C7H10O/c1-3-7(4-2)5-8-6-7/h3-4H,1-2,5-6H2. The molecule has 0 unspecified atom stereocenters. The summed E-state index contributed by atoms with van der Waals surface area (Å²) in [5, 5.41) is 0. The molecule has 1 fully saturated rings. The predicted molar refractivity (Wildman–Crippen MR) is 33.6 cm³/mol. The van der Waals surface area contributed by atoms with Crippen LogP contribution in [0.25, 0.3) is 0 Å². The molecule has 1 heterocycles. The van der Waals surface area contributed by atoms with E-state index in [1.54, 1.807) is 0 Å². The second kappa shape index (κ2) is 1.75. The Hall–Kier alpha value is -0.560. The maximum atomic E-state index is 4.98. The molecule has 0 aromatic heterocycles. The molecule has 0 atom stereocenters. The molecular weight excluding hydrogens is 100 g/mol. The molecular formula is C7H10O. The van der Waals surface area contributed by atoms with Crippen LogP contribution >= 0.6 is 0 Å². The van der Waals surface area contributed by atoms with Crippen molar-refractivity contribution in [2.45, 2.75) is 0 Å². The van der Waals surface area contributed by atoms with Crippen molar-refractivity contribution in [1.29, 1.82) is 0 Å². The second-order valence-electron chi connectivity index (χ2n) is 2.13. The van der Waals surface area contributed by atoms with Crippen molar-refractivity contribution in [2.75, 3.05) is 13.2 Å². The molecule has 1 aliphatic heterocycles. The minimum Gasteiger partial charge on any atom is -0.379 e. The number of hydrogen-bond acceptors (Lipinski definition) is 1. The lowest BCUT2D eigenvalue weighted by Gasteiger charge is -2.35. The molecule has 0 radical (unpaired) electrons. The first-order chi connectivity index (χ1) is 3.83. The van der Waals surface area contributed by atoms with Crippen molar-refractivity contribution in [1.82, 2.24) is 0 Å². The lowest BCUT2D eigenvalue weighted by atomic mass is 9.87. The van der Waals surface area contributed by atoms with Crippen molar-refractivity contribution in [3.05, 3.63) is 25.3 Å². The highest BCUT2D eigenvalue weighted by Crippen LogP contribution is 2.28.